The van der Waals surface area contributed by atoms with Crippen LogP contribution in [0.15, 0.2) is 23.0 Å². The summed E-state index contributed by atoms with van der Waals surface area (Å²) in [5, 5.41) is 8.99. The van der Waals surface area contributed by atoms with Gasteiger partial charge in [-0.15, -0.1) is 0 Å². The summed E-state index contributed by atoms with van der Waals surface area (Å²) in [6.45, 7) is 0. The van der Waals surface area contributed by atoms with Gasteiger partial charge >= 0.3 is 5.97 Å². The molecule has 0 aliphatic heterocycles. The van der Waals surface area contributed by atoms with Crippen LogP contribution < -0.4 is 5.43 Å². The lowest BCUT2D eigenvalue weighted by Crippen LogP contribution is -2.18. The number of carboxylic acids is 1. The molecule has 0 bridgehead atoms. The highest BCUT2D eigenvalue weighted by atomic mass is 19.1. The minimum Gasteiger partial charge on any atom is -0.477 e. The summed E-state index contributed by atoms with van der Waals surface area (Å²) in [4.78, 5) is 23.0. The first kappa shape index (κ1) is 11.8. The van der Waals surface area contributed by atoms with Crippen molar-refractivity contribution in [3.63, 3.8) is 0 Å². The summed E-state index contributed by atoms with van der Waals surface area (Å²) in [5.41, 5.74) is -1.08. The average molecular weight is 265 g/mol. The standard InChI is InChI=1S/C13H9F2NO3/c14-6-3-8-11(17)5-10(13(18)19)16(7-1-2-7)12(8)9(15)4-6/h3-5,7H,1-2H2,(H,18,19). The van der Waals surface area contributed by atoms with E-state index in [4.69, 9.17) is 5.11 Å². The van der Waals surface area contributed by atoms with Gasteiger partial charge in [0, 0.05) is 18.2 Å². The van der Waals surface area contributed by atoms with Crippen molar-refractivity contribution in [2.45, 2.75) is 18.9 Å². The summed E-state index contributed by atoms with van der Waals surface area (Å²) in [5.74, 6) is -3.07. The van der Waals surface area contributed by atoms with Gasteiger partial charge in [0.2, 0.25) is 0 Å². The van der Waals surface area contributed by atoms with E-state index in [0.29, 0.717) is 6.07 Å². The number of aromatic carboxylic acids is 1. The fourth-order valence-electron chi connectivity index (χ4n) is 2.27. The van der Waals surface area contributed by atoms with Crippen molar-refractivity contribution in [2.24, 2.45) is 0 Å². The number of fused-ring (bicyclic) bond motifs is 1. The van der Waals surface area contributed by atoms with E-state index in [0.717, 1.165) is 25.0 Å². The second-order valence-corrected chi connectivity index (χ2v) is 4.58. The van der Waals surface area contributed by atoms with Crippen molar-refractivity contribution in [3.05, 3.63) is 45.8 Å². The predicted octanol–water partition coefficient (Wildman–Crippen LogP) is 2.31. The van der Waals surface area contributed by atoms with Gasteiger partial charge in [0.25, 0.3) is 0 Å². The monoisotopic (exact) mass is 265 g/mol. The third-order valence-corrected chi connectivity index (χ3v) is 3.19. The molecule has 1 aliphatic rings. The first-order chi connectivity index (χ1) is 8.99. The van der Waals surface area contributed by atoms with Crippen LogP contribution in [0.4, 0.5) is 8.78 Å². The van der Waals surface area contributed by atoms with Gasteiger partial charge in [0.05, 0.1) is 10.9 Å². The van der Waals surface area contributed by atoms with Crippen molar-refractivity contribution >= 4 is 16.9 Å². The van der Waals surface area contributed by atoms with Gasteiger partial charge < -0.3 is 9.67 Å². The maximum atomic E-state index is 13.9. The number of rotatable bonds is 2. The number of halogens is 2. The molecule has 0 amide bonds. The maximum Gasteiger partial charge on any atom is 0.352 e. The number of hydrogen-bond donors (Lipinski definition) is 1. The SMILES string of the molecule is O=C(O)c1cc(=O)c2cc(F)cc(F)c2n1C1CC1. The second kappa shape index (κ2) is 3.88. The van der Waals surface area contributed by atoms with E-state index in [-0.39, 0.29) is 22.6 Å². The smallest absolute Gasteiger partial charge is 0.352 e. The zero-order valence-corrected chi connectivity index (χ0v) is 9.69. The van der Waals surface area contributed by atoms with Gasteiger partial charge in [-0.25, -0.2) is 13.6 Å². The Labute approximate surface area is 105 Å². The molecule has 19 heavy (non-hydrogen) atoms. The molecule has 6 heteroatoms. The molecule has 4 nitrogen and oxygen atoms in total. The van der Waals surface area contributed by atoms with E-state index >= 15 is 0 Å². The predicted molar refractivity (Wildman–Crippen MR) is 63.4 cm³/mol. The van der Waals surface area contributed by atoms with Crippen LogP contribution in [0, 0.1) is 11.6 Å². The summed E-state index contributed by atoms with van der Waals surface area (Å²) in [6.07, 6.45) is 1.43. The fourth-order valence-corrected chi connectivity index (χ4v) is 2.27. The van der Waals surface area contributed by atoms with Crippen LogP contribution in [0.2, 0.25) is 0 Å². The molecule has 0 radical (unpaired) electrons. The maximum absolute atomic E-state index is 13.9. The Balaban J connectivity index is 2.51. The van der Waals surface area contributed by atoms with E-state index in [1.165, 1.54) is 4.57 Å². The molecule has 1 aromatic heterocycles. The average Bonchev–Trinajstić information content (AvgIpc) is 3.13. The van der Waals surface area contributed by atoms with Crippen molar-refractivity contribution < 1.29 is 18.7 Å². The first-order valence-corrected chi connectivity index (χ1v) is 5.76. The Morgan fingerprint density at radius 3 is 2.53 bits per heavy atom. The number of carbonyl (C=O) groups is 1. The normalized spacial score (nSPS) is 14.8. The summed E-state index contributed by atoms with van der Waals surface area (Å²) in [6, 6.07) is 2.37. The Hall–Kier alpha value is -2.24. The first-order valence-electron chi connectivity index (χ1n) is 5.76. The minimum atomic E-state index is -1.30. The van der Waals surface area contributed by atoms with Gasteiger partial charge in [-0.2, -0.15) is 0 Å². The van der Waals surface area contributed by atoms with E-state index < -0.39 is 23.0 Å². The molecule has 0 unspecified atom stereocenters. The molecule has 0 spiro atoms. The zero-order chi connectivity index (χ0) is 13.7. The summed E-state index contributed by atoms with van der Waals surface area (Å²) < 4.78 is 28.4. The molecule has 1 aliphatic carbocycles. The van der Waals surface area contributed by atoms with Crippen LogP contribution in [0.3, 0.4) is 0 Å². The third kappa shape index (κ3) is 1.80. The lowest BCUT2D eigenvalue weighted by atomic mass is 10.1. The molecule has 2 aromatic rings. The molecule has 3 rings (SSSR count). The number of pyridine rings is 1. The van der Waals surface area contributed by atoms with Crippen molar-refractivity contribution in [3.8, 4) is 0 Å². The zero-order valence-electron chi connectivity index (χ0n) is 9.69. The van der Waals surface area contributed by atoms with Crippen LogP contribution in [-0.4, -0.2) is 15.6 Å². The van der Waals surface area contributed by atoms with Gasteiger partial charge in [-0.05, 0) is 18.9 Å². The van der Waals surface area contributed by atoms with Crippen LogP contribution in [0.25, 0.3) is 10.9 Å². The second-order valence-electron chi connectivity index (χ2n) is 4.58. The Morgan fingerprint density at radius 1 is 1.26 bits per heavy atom. The molecule has 1 saturated carbocycles. The Kier molecular flexibility index (Phi) is 2.41. The number of aromatic nitrogens is 1. The number of nitrogens with zero attached hydrogens (tertiary/aromatic N) is 1. The largest absolute Gasteiger partial charge is 0.477 e. The van der Waals surface area contributed by atoms with Crippen LogP contribution in [0.5, 0.6) is 0 Å². The molecule has 1 fully saturated rings. The van der Waals surface area contributed by atoms with Gasteiger partial charge in [-0.3, -0.25) is 4.79 Å². The van der Waals surface area contributed by atoms with Crippen molar-refractivity contribution in [1.82, 2.24) is 4.57 Å². The topological polar surface area (TPSA) is 59.3 Å². The number of carboxylic acid groups (broad SMARTS) is 1. The number of hydrogen-bond acceptors (Lipinski definition) is 2. The molecule has 1 aromatic carbocycles. The summed E-state index contributed by atoms with van der Waals surface area (Å²) in [7, 11) is 0. The van der Waals surface area contributed by atoms with Gasteiger partial charge in [0.15, 0.2) is 11.2 Å². The highest BCUT2D eigenvalue weighted by molar-refractivity contribution is 5.91. The Bertz CT molecular complexity index is 763. The third-order valence-electron chi connectivity index (χ3n) is 3.19. The quantitative estimate of drug-likeness (QED) is 0.906. The van der Waals surface area contributed by atoms with E-state index in [1.54, 1.807) is 0 Å². The highest BCUT2D eigenvalue weighted by Gasteiger charge is 2.30. The molecular weight excluding hydrogens is 256 g/mol. The van der Waals surface area contributed by atoms with Gasteiger partial charge in [-0.1, -0.05) is 0 Å². The lowest BCUT2D eigenvalue weighted by Gasteiger charge is -2.14. The Morgan fingerprint density at radius 2 is 1.95 bits per heavy atom. The van der Waals surface area contributed by atoms with E-state index in [2.05, 4.69) is 0 Å². The van der Waals surface area contributed by atoms with E-state index in [1.807, 2.05) is 0 Å². The highest BCUT2D eigenvalue weighted by Crippen LogP contribution is 2.38. The van der Waals surface area contributed by atoms with Crippen LogP contribution in [-0.2, 0) is 0 Å². The van der Waals surface area contributed by atoms with Gasteiger partial charge in [0.1, 0.15) is 11.5 Å². The minimum absolute atomic E-state index is 0.130. The molecule has 0 saturated heterocycles. The lowest BCUT2D eigenvalue weighted by molar-refractivity contribution is 0.0684. The number of benzene rings is 1. The fraction of sp³-hybridized carbons (Fsp3) is 0.231. The van der Waals surface area contributed by atoms with Crippen LogP contribution >= 0.6 is 0 Å². The van der Waals surface area contributed by atoms with Crippen molar-refractivity contribution in [1.29, 1.82) is 0 Å². The molecule has 1 N–H and O–H groups in total. The van der Waals surface area contributed by atoms with Crippen molar-refractivity contribution in [2.75, 3.05) is 0 Å². The summed E-state index contributed by atoms with van der Waals surface area (Å²) >= 11 is 0. The van der Waals surface area contributed by atoms with Crippen LogP contribution in [0.1, 0.15) is 29.4 Å². The van der Waals surface area contributed by atoms with E-state index in [9.17, 15) is 18.4 Å². The molecule has 98 valence electrons. The molecule has 1 heterocycles. The molecular formula is C13H9F2NO3. The molecule has 0 atom stereocenters.